The van der Waals surface area contributed by atoms with E-state index in [9.17, 15) is 18.0 Å². The molecule has 21 heavy (non-hydrogen) atoms. The largest absolute Gasteiger partial charge is 0.464 e. The van der Waals surface area contributed by atoms with Gasteiger partial charge in [-0.3, -0.25) is 4.79 Å². The fraction of sp³-hybridized carbons (Fsp3) is 0. The molecule has 0 aliphatic carbocycles. The van der Waals surface area contributed by atoms with Gasteiger partial charge < -0.3 is 5.11 Å². The van der Waals surface area contributed by atoms with Crippen LogP contribution in [-0.4, -0.2) is 30.9 Å². The first-order chi connectivity index (χ1) is 9.87. The lowest BCUT2D eigenvalue weighted by Crippen LogP contribution is -2.36. The molecule has 110 valence electrons. The lowest BCUT2D eigenvalue weighted by atomic mass is 10.2. The van der Waals surface area contributed by atoms with Crippen LogP contribution in [0.5, 0.6) is 0 Å². The highest BCUT2D eigenvalue weighted by Crippen LogP contribution is 2.26. The number of rotatable bonds is 4. The molecule has 0 aliphatic heterocycles. The maximum Gasteiger partial charge on any atom is 0.427 e. The molecule has 1 amide bonds. The molecular formula is C11H7ClN2O5S2. The third-order valence-corrected chi connectivity index (χ3v) is 5.01. The first-order valence-electron chi connectivity index (χ1n) is 5.29. The Morgan fingerprint density at radius 3 is 2.62 bits per heavy atom. The van der Waals surface area contributed by atoms with Crippen LogP contribution in [0.3, 0.4) is 0 Å². The van der Waals surface area contributed by atoms with E-state index in [4.69, 9.17) is 16.7 Å². The standard InChI is InChI=1S/C11H7ClN2O5S2/c12-9-3-8(2-1-7(9)4-15)21(18,19)14(11(16)17)10-5-20-6-13-10/h1-6H,(H,16,17). The average molecular weight is 347 g/mol. The summed E-state index contributed by atoms with van der Waals surface area (Å²) in [6.45, 7) is 0. The molecule has 7 nitrogen and oxygen atoms in total. The summed E-state index contributed by atoms with van der Waals surface area (Å²) in [5.74, 6) is -0.233. The van der Waals surface area contributed by atoms with Gasteiger partial charge >= 0.3 is 6.09 Å². The molecule has 0 unspecified atom stereocenters. The van der Waals surface area contributed by atoms with Gasteiger partial charge in [0.05, 0.1) is 15.4 Å². The minimum Gasteiger partial charge on any atom is -0.464 e. The van der Waals surface area contributed by atoms with Gasteiger partial charge in [-0.25, -0.2) is 18.2 Å². The van der Waals surface area contributed by atoms with Crippen LogP contribution in [0.15, 0.2) is 34.0 Å². The van der Waals surface area contributed by atoms with E-state index in [-0.39, 0.29) is 25.6 Å². The Hall–Kier alpha value is -1.97. The van der Waals surface area contributed by atoms with Gasteiger partial charge in [-0.15, -0.1) is 15.6 Å². The van der Waals surface area contributed by atoms with Crippen molar-refractivity contribution in [3.8, 4) is 0 Å². The summed E-state index contributed by atoms with van der Waals surface area (Å²) in [4.78, 5) is 25.2. The summed E-state index contributed by atoms with van der Waals surface area (Å²) >= 11 is 6.82. The SMILES string of the molecule is O=Cc1ccc(S(=O)(=O)N(C(=O)O)c2cscn2)cc1Cl. The summed E-state index contributed by atoms with van der Waals surface area (Å²) in [6.07, 6.45) is -1.23. The van der Waals surface area contributed by atoms with E-state index in [0.717, 1.165) is 23.5 Å². The van der Waals surface area contributed by atoms with E-state index < -0.39 is 16.1 Å². The Labute approximate surface area is 128 Å². The van der Waals surface area contributed by atoms with Crippen LogP contribution in [0.4, 0.5) is 10.6 Å². The van der Waals surface area contributed by atoms with Gasteiger partial charge in [0.1, 0.15) is 0 Å². The molecule has 0 saturated heterocycles. The topological polar surface area (TPSA) is 105 Å². The summed E-state index contributed by atoms with van der Waals surface area (Å²) in [7, 11) is -4.39. The fourth-order valence-corrected chi connectivity index (χ4v) is 3.64. The molecule has 0 bridgehead atoms. The number of carboxylic acid groups (broad SMARTS) is 1. The number of amides is 1. The molecular weight excluding hydrogens is 340 g/mol. The lowest BCUT2D eigenvalue weighted by Gasteiger charge is -2.17. The van der Waals surface area contributed by atoms with Gasteiger partial charge in [0, 0.05) is 10.9 Å². The van der Waals surface area contributed by atoms with Gasteiger partial charge in [0.25, 0.3) is 10.0 Å². The van der Waals surface area contributed by atoms with Crippen LogP contribution >= 0.6 is 22.9 Å². The molecule has 0 atom stereocenters. The maximum atomic E-state index is 12.4. The first-order valence-corrected chi connectivity index (χ1v) is 8.05. The van der Waals surface area contributed by atoms with Gasteiger partial charge in [0.15, 0.2) is 12.1 Å². The van der Waals surface area contributed by atoms with Crippen LogP contribution < -0.4 is 4.31 Å². The lowest BCUT2D eigenvalue weighted by molar-refractivity contribution is 0.112. The molecule has 0 saturated carbocycles. The van der Waals surface area contributed by atoms with Crippen LogP contribution in [0, 0.1) is 0 Å². The second-order valence-corrected chi connectivity index (χ2v) is 6.61. The Kier molecular flexibility index (Phi) is 4.26. The highest BCUT2D eigenvalue weighted by Gasteiger charge is 2.32. The molecule has 10 heteroatoms. The van der Waals surface area contributed by atoms with Crippen LogP contribution in [-0.2, 0) is 10.0 Å². The van der Waals surface area contributed by atoms with Crippen LogP contribution in [0.2, 0.25) is 5.02 Å². The Bertz CT molecular complexity index is 789. The van der Waals surface area contributed by atoms with Crippen LogP contribution in [0.25, 0.3) is 0 Å². The van der Waals surface area contributed by atoms with Gasteiger partial charge in [-0.2, -0.15) is 0 Å². The molecule has 0 fully saturated rings. The minimum atomic E-state index is -4.39. The van der Waals surface area contributed by atoms with Crippen molar-refractivity contribution in [3.63, 3.8) is 0 Å². The number of hydrogen-bond donors (Lipinski definition) is 1. The number of halogens is 1. The summed E-state index contributed by atoms with van der Waals surface area (Å²) in [6, 6.07) is 3.32. The van der Waals surface area contributed by atoms with Gasteiger partial charge in [-0.05, 0) is 18.2 Å². The molecule has 1 aromatic carbocycles. The van der Waals surface area contributed by atoms with Crippen molar-refractivity contribution in [1.82, 2.24) is 4.98 Å². The van der Waals surface area contributed by atoms with Crippen molar-refractivity contribution >= 4 is 51.2 Å². The van der Waals surface area contributed by atoms with E-state index in [1.165, 1.54) is 17.0 Å². The molecule has 0 spiro atoms. The number of hydrogen-bond acceptors (Lipinski definition) is 6. The number of aromatic nitrogens is 1. The quantitative estimate of drug-likeness (QED) is 0.853. The minimum absolute atomic E-state index is 0.0882. The zero-order valence-electron chi connectivity index (χ0n) is 10.1. The molecule has 1 N–H and O–H groups in total. The summed E-state index contributed by atoms with van der Waals surface area (Å²) in [5.41, 5.74) is 1.41. The number of carbonyl (C=O) groups excluding carboxylic acids is 1. The zero-order chi connectivity index (χ0) is 15.6. The summed E-state index contributed by atoms with van der Waals surface area (Å²) in [5, 5.41) is 10.3. The Morgan fingerprint density at radius 2 is 2.14 bits per heavy atom. The maximum absolute atomic E-state index is 12.4. The molecule has 2 aromatic rings. The van der Waals surface area contributed by atoms with Crippen molar-refractivity contribution in [2.75, 3.05) is 4.31 Å². The number of aldehydes is 1. The third-order valence-electron chi connectivity index (χ3n) is 2.44. The van der Waals surface area contributed by atoms with Crippen molar-refractivity contribution in [2.45, 2.75) is 4.90 Å². The predicted molar refractivity (Wildman–Crippen MR) is 76.6 cm³/mol. The molecule has 0 radical (unpaired) electrons. The van der Waals surface area contributed by atoms with E-state index in [2.05, 4.69) is 4.98 Å². The number of anilines is 1. The average Bonchev–Trinajstić information content (AvgIpc) is 2.91. The third kappa shape index (κ3) is 2.89. The van der Waals surface area contributed by atoms with Gasteiger partial charge in [-0.1, -0.05) is 11.6 Å². The number of thiazole rings is 1. The molecule has 2 rings (SSSR count). The van der Waals surface area contributed by atoms with Crippen molar-refractivity contribution in [3.05, 3.63) is 39.7 Å². The van der Waals surface area contributed by atoms with Crippen LogP contribution in [0.1, 0.15) is 10.4 Å². The summed E-state index contributed by atoms with van der Waals surface area (Å²) < 4.78 is 24.9. The Balaban J connectivity index is 2.56. The highest BCUT2D eigenvalue weighted by molar-refractivity contribution is 7.93. The highest BCUT2D eigenvalue weighted by atomic mass is 35.5. The zero-order valence-corrected chi connectivity index (χ0v) is 12.5. The number of sulfonamides is 1. The van der Waals surface area contributed by atoms with E-state index in [1.54, 1.807) is 0 Å². The second-order valence-electron chi connectivity index (χ2n) is 3.70. The number of nitrogens with zero attached hydrogens (tertiary/aromatic N) is 2. The molecule has 0 aliphatic rings. The van der Waals surface area contributed by atoms with Crippen molar-refractivity contribution in [2.24, 2.45) is 0 Å². The van der Waals surface area contributed by atoms with E-state index in [0.29, 0.717) is 6.29 Å². The fourth-order valence-electron chi connectivity index (χ4n) is 1.50. The van der Waals surface area contributed by atoms with Crippen molar-refractivity contribution in [1.29, 1.82) is 0 Å². The molecule has 1 aromatic heterocycles. The predicted octanol–water partition coefficient (Wildman–Crippen LogP) is 2.48. The Morgan fingerprint density at radius 1 is 1.43 bits per heavy atom. The monoisotopic (exact) mass is 346 g/mol. The van der Waals surface area contributed by atoms with E-state index >= 15 is 0 Å². The second kappa shape index (κ2) is 5.80. The molecule has 1 heterocycles. The smallest absolute Gasteiger partial charge is 0.427 e. The van der Waals surface area contributed by atoms with Crippen molar-refractivity contribution < 1.29 is 23.1 Å². The first kappa shape index (κ1) is 15.4. The van der Waals surface area contributed by atoms with E-state index in [1.807, 2.05) is 0 Å². The van der Waals surface area contributed by atoms with Gasteiger partial charge in [0.2, 0.25) is 0 Å². The normalized spacial score (nSPS) is 11.1. The number of benzene rings is 1. The number of carbonyl (C=O) groups is 2.